The Kier molecular flexibility index (Phi) is 3.78. The van der Waals surface area contributed by atoms with Gasteiger partial charge in [-0.15, -0.1) is 0 Å². The van der Waals surface area contributed by atoms with Crippen molar-refractivity contribution in [1.82, 2.24) is 14.4 Å². The summed E-state index contributed by atoms with van der Waals surface area (Å²) in [6.45, 7) is 4.72. The third-order valence-electron chi connectivity index (χ3n) is 3.96. The molecule has 3 aromatic heterocycles. The van der Waals surface area contributed by atoms with Crippen LogP contribution >= 0.6 is 11.3 Å². The highest BCUT2D eigenvalue weighted by atomic mass is 32.1. The van der Waals surface area contributed by atoms with Crippen molar-refractivity contribution in [3.63, 3.8) is 0 Å². The highest BCUT2D eigenvalue weighted by Gasteiger charge is 2.13. The summed E-state index contributed by atoms with van der Waals surface area (Å²) in [6, 6.07) is 10.6. The molecular formula is C19H17N3OS. The molecule has 0 bridgehead atoms. The first-order valence-electron chi connectivity index (χ1n) is 7.88. The number of thiazole rings is 1. The van der Waals surface area contributed by atoms with Crippen LogP contribution in [0.25, 0.3) is 27.2 Å². The molecule has 0 spiro atoms. The minimum atomic E-state index is 0.627. The van der Waals surface area contributed by atoms with Crippen LogP contribution in [-0.2, 0) is 0 Å². The van der Waals surface area contributed by atoms with Gasteiger partial charge in [0.15, 0.2) is 0 Å². The fraction of sp³-hybridized carbons (Fsp3) is 0.158. The molecule has 0 aliphatic carbocycles. The SMILES string of the molecule is CCOc1ncc(-c2cc(-c3ccccc3C)c3nccn3c2)s1. The number of pyridine rings is 1. The molecule has 1 aromatic carbocycles. The minimum Gasteiger partial charge on any atom is -0.470 e. The summed E-state index contributed by atoms with van der Waals surface area (Å²) in [5.74, 6) is 0. The van der Waals surface area contributed by atoms with Crippen molar-refractivity contribution in [2.75, 3.05) is 6.61 Å². The first kappa shape index (κ1) is 14.9. The van der Waals surface area contributed by atoms with E-state index >= 15 is 0 Å². The van der Waals surface area contributed by atoms with E-state index < -0.39 is 0 Å². The largest absolute Gasteiger partial charge is 0.470 e. The van der Waals surface area contributed by atoms with Crippen molar-refractivity contribution in [3.05, 3.63) is 60.7 Å². The van der Waals surface area contributed by atoms with Crippen LogP contribution in [0, 0.1) is 6.92 Å². The van der Waals surface area contributed by atoms with Crippen molar-refractivity contribution < 1.29 is 4.74 Å². The van der Waals surface area contributed by atoms with Gasteiger partial charge in [0, 0.05) is 35.9 Å². The number of rotatable bonds is 4. The summed E-state index contributed by atoms with van der Waals surface area (Å²) < 4.78 is 7.57. The van der Waals surface area contributed by atoms with Gasteiger partial charge in [0.25, 0.3) is 5.19 Å². The maximum atomic E-state index is 5.50. The number of benzene rings is 1. The second-order valence-corrected chi connectivity index (χ2v) is 6.53. The Morgan fingerprint density at radius 3 is 2.88 bits per heavy atom. The lowest BCUT2D eigenvalue weighted by atomic mass is 10.00. The van der Waals surface area contributed by atoms with Gasteiger partial charge in [-0.1, -0.05) is 35.6 Å². The Morgan fingerprint density at radius 1 is 1.17 bits per heavy atom. The van der Waals surface area contributed by atoms with E-state index in [2.05, 4.69) is 57.8 Å². The van der Waals surface area contributed by atoms with Crippen LogP contribution in [0.4, 0.5) is 0 Å². The number of nitrogens with zero attached hydrogens (tertiary/aromatic N) is 3. The minimum absolute atomic E-state index is 0.627. The molecule has 4 rings (SSSR count). The molecule has 0 saturated heterocycles. The van der Waals surface area contributed by atoms with Crippen LogP contribution in [0.15, 0.2) is 55.1 Å². The van der Waals surface area contributed by atoms with E-state index in [-0.39, 0.29) is 0 Å². The third kappa shape index (κ3) is 2.57. The smallest absolute Gasteiger partial charge is 0.273 e. The lowest BCUT2D eigenvalue weighted by Gasteiger charge is -2.10. The summed E-state index contributed by atoms with van der Waals surface area (Å²) in [7, 11) is 0. The van der Waals surface area contributed by atoms with Crippen molar-refractivity contribution in [2.24, 2.45) is 0 Å². The lowest BCUT2D eigenvalue weighted by molar-refractivity contribution is 0.338. The van der Waals surface area contributed by atoms with Crippen LogP contribution < -0.4 is 4.74 Å². The molecule has 4 nitrogen and oxygen atoms in total. The number of ether oxygens (including phenoxy) is 1. The third-order valence-corrected chi connectivity index (χ3v) is 4.92. The van der Waals surface area contributed by atoms with Crippen LogP contribution in [0.3, 0.4) is 0 Å². The van der Waals surface area contributed by atoms with E-state index in [9.17, 15) is 0 Å². The summed E-state index contributed by atoms with van der Waals surface area (Å²) in [4.78, 5) is 9.96. The van der Waals surface area contributed by atoms with Gasteiger partial charge in [-0.3, -0.25) is 0 Å². The number of imidazole rings is 1. The van der Waals surface area contributed by atoms with Crippen LogP contribution in [0.2, 0.25) is 0 Å². The molecule has 0 unspecified atom stereocenters. The van der Waals surface area contributed by atoms with E-state index in [1.807, 2.05) is 25.5 Å². The maximum absolute atomic E-state index is 5.50. The maximum Gasteiger partial charge on any atom is 0.273 e. The van der Waals surface area contributed by atoms with Gasteiger partial charge in [0.2, 0.25) is 0 Å². The molecule has 3 heterocycles. The van der Waals surface area contributed by atoms with Crippen molar-refractivity contribution in [3.8, 4) is 26.8 Å². The Hall–Kier alpha value is -2.66. The summed E-state index contributed by atoms with van der Waals surface area (Å²) in [5.41, 5.74) is 5.63. The molecule has 0 radical (unpaired) electrons. The Morgan fingerprint density at radius 2 is 2.04 bits per heavy atom. The molecular weight excluding hydrogens is 318 g/mol. The molecule has 0 amide bonds. The van der Waals surface area contributed by atoms with E-state index in [0.717, 1.165) is 21.7 Å². The van der Waals surface area contributed by atoms with Gasteiger partial charge in [0.1, 0.15) is 5.65 Å². The fourth-order valence-corrected chi connectivity index (χ4v) is 3.63. The summed E-state index contributed by atoms with van der Waals surface area (Å²) >= 11 is 1.56. The number of hydrogen-bond acceptors (Lipinski definition) is 4. The molecule has 0 N–H and O–H groups in total. The fourth-order valence-electron chi connectivity index (χ4n) is 2.82. The normalized spacial score (nSPS) is 11.1. The second kappa shape index (κ2) is 6.09. The predicted molar refractivity (Wildman–Crippen MR) is 97.6 cm³/mol. The zero-order valence-electron chi connectivity index (χ0n) is 13.6. The van der Waals surface area contributed by atoms with E-state index in [1.54, 1.807) is 11.3 Å². The second-order valence-electron chi connectivity index (χ2n) is 5.54. The molecule has 120 valence electrons. The van der Waals surface area contributed by atoms with Crippen molar-refractivity contribution >= 4 is 17.0 Å². The summed E-state index contributed by atoms with van der Waals surface area (Å²) in [6.07, 6.45) is 7.77. The van der Waals surface area contributed by atoms with Crippen LogP contribution in [0.1, 0.15) is 12.5 Å². The average Bonchev–Trinajstić information content (AvgIpc) is 3.24. The molecule has 0 aliphatic rings. The monoisotopic (exact) mass is 335 g/mol. The van der Waals surface area contributed by atoms with E-state index in [0.29, 0.717) is 11.8 Å². The molecule has 0 fully saturated rings. The predicted octanol–water partition coefficient (Wildman–Crippen LogP) is 4.83. The van der Waals surface area contributed by atoms with Crippen molar-refractivity contribution in [2.45, 2.75) is 13.8 Å². The molecule has 4 aromatic rings. The van der Waals surface area contributed by atoms with Crippen LogP contribution in [-0.4, -0.2) is 21.0 Å². The highest BCUT2D eigenvalue weighted by Crippen LogP contribution is 2.35. The molecule has 0 aliphatic heterocycles. The Labute approximate surface area is 144 Å². The summed E-state index contributed by atoms with van der Waals surface area (Å²) in [5, 5.41) is 0.704. The molecule has 0 saturated carbocycles. The van der Waals surface area contributed by atoms with Gasteiger partial charge in [-0.2, -0.15) is 0 Å². The quantitative estimate of drug-likeness (QED) is 0.536. The number of fused-ring (bicyclic) bond motifs is 1. The lowest BCUT2D eigenvalue weighted by Crippen LogP contribution is -1.92. The molecule has 5 heteroatoms. The Bertz CT molecular complexity index is 1000. The van der Waals surface area contributed by atoms with Gasteiger partial charge in [-0.25, -0.2) is 9.97 Å². The first-order chi connectivity index (χ1) is 11.8. The van der Waals surface area contributed by atoms with E-state index in [4.69, 9.17) is 4.74 Å². The molecule has 0 atom stereocenters. The van der Waals surface area contributed by atoms with Gasteiger partial charge in [-0.05, 0) is 31.0 Å². The first-order valence-corrected chi connectivity index (χ1v) is 8.69. The van der Waals surface area contributed by atoms with Gasteiger partial charge in [0.05, 0.1) is 11.5 Å². The topological polar surface area (TPSA) is 39.4 Å². The van der Waals surface area contributed by atoms with Gasteiger partial charge >= 0.3 is 0 Å². The Balaban J connectivity index is 1.90. The zero-order chi connectivity index (χ0) is 16.5. The van der Waals surface area contributed by atoms with E-state index in [1.165, 1.54) is 11.1 Å². The van der Waals surface area contributed by atoms with Gasteiger partial charge < -0.3 is 9.14 Å². The number of aromatic nitrogens is 3. The van der Waals surface area contributed by atoms with Crippen LogP contribution in [0.5, 0.6) is 5.19 Å². The number of hydrogen-bond donors (Lipinski definition) is 0. The number of aryl methyl sites for hydroxylation is 1. The highest BCUT2D eigenvalue weighted by molar-refractivity contribution is 7.16. The standard InChI is InChI=1S/C19H17N3OS/c1-3-23-19-21-11-17(24-19)14-10-16(15-7-5-4-6-13(15)2)18-20-8-9-22(18)12-14/h4-12H,3H2,1-2H3. The molecule has 24 heavy (non-hydrogen) atoms. The van der Waals surface area contributed by atoms with Crippen molar-refractivity contribution in [1.29, 1.82) is 0 Å². The average molecular weight is 335 g/mol. The zero-order valence-corrected chi connectivity index (χ0v) is 14.4.